The smallest absolute Gasteiger partial charge is 0.252 e. The molecule has 0 radical (unpaired) electrons. The Morgan fingerprint density at radius 2 is 1.87 bits per heavy atom. The average molecular weight is 468 g/mol. The summed E-state index contributed by atoms with van der Waals surface area (Å²) >= 11 is 7.93. The van der Waals surface area contributed by atoms with Gasteiger partial charge in [0.1, 0.15) is 0 Å². The summed E-state index contributed by atoms with van der Waals surface area (Å²) in [7, 11) is -1.63. The first-order valence-electron chi connectivity index (χ1n) is 9.81. The molecule has 3 rings (SSSR count). The van der Waals surface area contributed by atoms with Crippen LogP contribution in [0.25, 0.3) is 0 Å². The molecule has 0 atom stereocenters. The van der Waals surface area contributed by atoms with Gasteiger partial charge >= 0.3 is 0 Å². The van der Waals surface area contributed by atoms with Crippen molar-refractivity contribution >= 4 is 45.0 Å². The highest BCUT2D eigenvalue weighted by molar-refractivity contribution is 7.99. The summed E-state index contributed by atoms with van der Waals surface area (Å²) in [5, 5.41) is 3.08. The van der Waals surface area contributed by atoms with Crippen LogP contribution in [0.3, 0.4) is 0 Å². The van der Waals surface area contributed by atoms with Gasteiger partial charge in [-0.1, -0.05) is 29.8 Å². The number of amides is 1. The molecule has 30 heavy (non-hydrogen) atoms. The van der Waals surface area contributed by atoms with Crippen molar-refractivity contribution in [2.75, 3.05) is 49.6 Å². The third-order valence-corrected chi connectivity index (χ3v) is 8.11. The third-order valence-electron chi connectivity index (χ3n) is 4.94. The third kappa shape index (κ3) is 5.69. The molecule has 9 heteroatoms. The van der Waals surface area contributed by atoms with Gasteiger partial charge in [0, 0.05) is 50.4 Å². The maximum absolute atomic E-state index is 12.9. The zero-order valence-electron chi connectivity index (χ0n) is 16.9. The van der Waals surface area contributed by atoms with Gasteiger partial charge in [0.2, 0.25) is 10.0 Å². The summed E-state index contributed by atoms with van der Waals surface area (Å²) in [5.74, 6) is 1.18. The molecule has 1 saturated heterocycles. The first-order valence-corrected chi connectivity index (χ1v) is 12.8. The van der Waals surface area contributed by atoms with Crippen molar-refractivity contribution in [1.29, 1.82) is 0 Å². The van der Waals surface area contributed by atoms with E-state index in [0.29, 0.717) is 19.6 Å². The number of carbonyl (C=O) groups is 1. The van der Waals surface area contributed by atoms with Crippen molar-refractivity contribution < 1.29 is 13.2 Å². The molecule has 0 bridgehead atoms. The number of hydrogen-bond donors (Lipinski definition) is 1. The minimum atomic E-state index is -3.63. The van der Waals surface area contributed by atoms with Crippen LogP contribution in [0.2, 0.25) is 5.02 Å². The highest BCUT2D eigenvalue weighted by atomic mass is 35.5. The fourth-order valence-corrected chi connectivity index (χ4v) is 6.01. The van der Waals surface area contributed by atoms with Crippen LogP contribution in [-0.4, -0.2) is 63.4 Å². The molecule has 0 saturated carbocycles. The van der Waals surface area contributed by atoms with Crippen LogP contribution in [0.1, 0.15) is 16.8 Å². The molecule has 162 valence electrons. The maximum Gasteiger partial charge on any atom is 0.252 e. The minimum Gasteiger partial charge on any atom is -0.375 e. The number of halogens is 1. The van der Waals surface area contributed by atoms with Crippen LogP contribution in [0.15, 0.2) is 53.4 Å². The largest absolute Gasteiger partial charge is 0.375 e. The molecular formula is C21H26ClN3O3S2. The van der Waals surface area contributed by atoms with Crippen molar-refractivity contribution in [1.82, 2.24) is 9.62 Å². The Hall–Kier alpha value is -1.74. The minimum absolute atomic E-state index is 0.104. The molecule has 1 fully saturated rings. The molecule has 0 aliphatic carbocycles. The zero-order valence-corrected chi connectivity index (χ0v) is 19.3. The Morgan fingerprint density at radius 1 is 1.17 bits per heavy atom. The molecule has 1 aliphatic heterocycles. The number of benzene rings is 2. The Bertz CT molecular complexity index is 965. The number of thioether (sulfide) groups is 1. The second kappa shape index (κ2) is 10.5. The van der Waals surface area contributed by atoms with Gasteiger partial charge in [-0.2, -0.15) is 16.1 Å². The van der Waals surface area contributed by atoms with E-state index in [1.54, 1.807) is 11.8 Å². The van der Waals surface area contributed by atoms with Crippen LogP contribution in [-0.2, 0) is 10.0 Å². The fraction of sp³-hybridized carbons (Fsp3) is 0.381. The number of nitrogens with one attached hydrogen (secondary N) is 1. The Labute approximate surface area is 187 Å². The van der Waals surface area contributed by atoms with Crippen molar-refractivity contribution in [2.45, 2.75) is 11.3 Å². The van der Waals surface area contributed by atoms with E-state index in [1.807, 2.05) is 37.4 Å². The quantitative estimate of drug-likeness (QED) is 0.603. The Balaban J connectivity index is 1.59. The molecular weight excluding hydrogens is 442 g/mol. The second-order valence-electron chi connectivity index (χ2n) is 7.02. The maximum atomic E-state index is 12.9. The van der Waals surface area contributed by atoms with Crippen molar-refractivity contribution in [3.8, 4) is 0 Å². The zero-order chi connectivity index (χ0) is 21.6. The van der Waals surface area contributed by atoms with E-state index in [4.69, 9.17) is 11.6 Å². The summed E-state index contributed by atoms with van der Waals surface area (Å²) in [5.41, 5.74) is 1.29. The van der Waals surface area contributed by atoms with E-state index in [-0.39, 0.29) is 21.4 Å². The summed E-state index contributed by atoms with van der Waals surface area (Å²) < 4.78 is 27.2. The molecule has 0 spiro atoms. The molecule has 1 amide bonds. The van der Waals surface area contributed by atoms with E-state index in [1.165, 1.54) is 22.5 Å². The lowest BCUT2D eigenvalue weighted by molar-refractivity contribution is 0.0953. The SMILES string of the molecule is CN(CCCNC(=O)c1cc(S(=O)(=O)N2CCSCC2)ccc1Cl)c1ccccc1. The molecule has 0 unspecified atom stereocenters. The Kier molecular flexibility index (Phi) is 8.05. The van der Waals surface area contributed by atoms with E-state index < -0.39 is 10.0 Å². The number of sulfonamides is 1. The van der Waals surface area contributed by atoms with Gasteiger partial charge in [0.05, 0.1) is 15.5 Å². The molecule has 1 heterocycles. The lowest BCUT2D eigenvalue weighted by Gasteiger charge is -2.25. The predicted molar refractivity (Wildman–Crippen MR) is 124 cm³/mol. The topological polar surface area (TPSA) is 69.7 Å². The Morgan fingerprint density at radius 3 is 2.57 bits per heavy atom. The van der Waals surface area contributed by atoms with E-state index >= 15 is 0 Å². The number of para-hydroxylation sites is 1. The fourth-order valence-electron chi connectivity index (χ4n) is 3.20. The number of nitrogens with zero attached hydrogens (tertiary/aromatic N) is 2. The summed E-state index contributed by atoms with van der Waals surface area (Å²) in [6, 6.07) is 14.3. The number of rotatable bonds is 8. The highest BCUT2D eigenvalue weighted by Gasteiger charge is 2.27. The first kappa shape index (κ1) is 22.9. The van der Waals surface area contributed by atoms with Gasteiger partial charge < -0.3 is 10.2 Å². The number of anilines is 1. The summed E-state index contributed by atoms with van der Waals surface area (Å²) in [6.07, 6.45) is 0.748. The van der Waals surface area contributed by atoms with E-state index in [0.717, 1.165) is 30.2 Å². The van der Waals surface area contributed by atoms with Gasteiger partial charge in [-0.15, -0.1) is 0 Å². The van der Waals surface area contributed by atoms with Crippen LogP contribution in [0, 0.1) is 0 Å². The van der Waals surface area contributed by atoms with E-state index in [9.17, 15) is 13.2 Å². The second-order valence-corrected chi connectivity index (χ2v) is 10.6. The molecule has 2 aromatic rings. The van der Waals surface area contributed by atoms with Crippen LogP contribution >= 0.6 is 23.4 Å². The van der Waals surface area contributed by atoms with Gasteiger partial charge in [-0.05, 0) is 36.8 Å². The molecule has 0 aromatic heterocycles. The average Bonchev–Trinajstić information content (AvgIpc) is 2.77. The number of hydrogen-bond acceptors (Lipinski definition) is 5. The predicted octanol–water partition coefficient (Wildman–Crippen LogP) is 3.33. The normalized spacial score (nSPS) is 15.0. The molecule has 1 N–H and O–H groups in total. The van der Waals surface area contributed by atoms with Crippen LogP contribution in [0.4, 0.5) is 5.69 Å². The van der Waals surface area contributed by atoms with Gasteiger partial charge in [0.15, 0.2) is 0 Å². The lowest BCUT2D eigenvalue weighted by atomic mass is 10.2. The van der Waals surface area contributed by atoms with E-state index in [2.05, 4.69) is 10.2 Å². The van der Waals surface area contributed by atoms with Crippen molar-refractivity contribution in [2.24, 2.45) is 0 Å². The van der Waals surface area contributed by atoms with Gasteiger partial charge in [-0.3, -0.25) is 4.79 Å². The number of carbonyl (C=O) groups excluding carboxylic acids is 1. The highest BCUT2D eigenvalue weighted by Crippen LogP contribution is 2.25. The standard InChI is InChI=1S/C21H26ClN3O3S2/c1-24(17-6-3-2-4-7-17)11-5-10-23-21(26)19-16-18(8-9-20(19)22)30(27,28)25-12-14-29-15-13-25/h2-4,6-9,16H,5,10-15H2,1H3,(H,23,26). The summed E-state index contributed by atoms with van der Waals surface area (Å²) in [6.45, 7) is 2.20. The first-order chi connectivity index (χ1) is 14.4. The molecule has 1 aliphatic rings. The lowest BCUT2D eigenvalue weighted by Crippen LogP contribution is -2.38. The summed E-state index contributed by atoms with van der Waals surface area (Å²) in [4.78, 5) is 14.8. The van der Waals surface area contributed by atoms with Crippen LogP contribution < -0.4 is 10.2 Å². The van der Waals surface area contributed by atoms with Gasteiger partial charge in [0.25, 0.3) is 5.91 Å². The monoisotopic (exact) mass is 467 g/mol. The molecule has 2 aromatic carbocycles. The van der Waals surface area contributed by atoms with Crippen LogP contribution in [0.5, 0.6) is 0 Å². The van der Waals surface area contributed by atoms with Crippen molar-refractivity contribution in [3.05, 3.63) is 59.1 Å². The van der Waals surface area contributed by atoms with Crippen molar-refractivity contribution in [3.63, 3.8) is 0 Å². The van der Waals surface area contributed by atoms with Gasteiger partial charge in [-0.25, -0.2) is 8.42 Å². The molecule has 6 nitrogen and oxygen atoms in total.